The SMILES string of the molecule is CN(C)CCN1C(=O)C(=O)C(=C(O)c2ccc3c(c2)OCCO3)[C@@H]1c1ccc(C(C)(C)C)cc1. The fraction of sp³-hybridized carbons (Fsp3) is 0.407. The highest BCUT2D eigenvalue weighted by atomic mass is 16.6. The van der Waals surface area contributed by atoms with Crippen molar-refractivity contribution in [2.24, 2.45) is 0 Å². The van der Waals surface area contributed by atoms with Gasteiger partial charge in [0.2, 0.25) is 0 Å². The van der Waals surface area contributed by atoms with Crippen LogP contribution in [0.4, 0.5) is 0 Å². The minimum Gasteiger partial charge on any atom is -0.507 e. The summed E-state index contributed by atoms with van der Waals surface area (Å²) in [7, 11) is 3.83. The third-order valence-corrected chi connectivity index (χ3v) is 6.24. The van der Waals surface area contributed by atoms with Gasteiger partial charge in [0.1, 0.15) is 19.0 Å². The summed E-state index contributed by atoms with van der Waals surface area (Å²) in [4.78, 5) is 29.8. The first-order valence-electron chi connectivity index (χ1n) is 11.5. The number of hydrogen-bond acceptors (Lipinski definition) is 6. The van der Waals surface area contributed by atoms with Crippen LogP contribution in [0, 0.1) is 0 Å². The Bertz CT molecular complexity index is 1130. The summed E-state index contributed by atoms with van der Waals surface area (Å²) in [5.41, 5.74) is 2.39. The van der Waals surface area contributed by atoms with E-state index in [-0.39, 0.29) is 16.7 Å². The molecule has 2 aromatic rings. The Kier molecular flexibility index (Phi) is 6.41. The van der Waals surface area contributed by atoms with E-state index < -0.39 is 17.7 Å². The van der Waals surface area contributed by atoms with E-state index in [0.717, 1.165) is 11.1 Å². The van der Waals surface area contributed by atoms with Gasteiger partial charge in [0.15, 0.2) is 11.5 Å². The number of Topliss-reactive ketones (excluding diaryl/α,β-unsaturated/α-hetero) is 1. The largest absolute Gasteiger partial charge is 0.507 e. The van der Waals surface area contributed by atoms with E-state index in [1.807, 2.05) is 43.3 Å². The van der Waals surface area contributed by atoms with Crippen molar-refractivity contribution >= 4 is 17.4 Å². The Morgan fingerprint density at radius 1 is 1.03 bits per heavy atom. The van der Waals surface area contributed by atoms with Crippen LogP contribution in [0.5, 0.6) is 11.5 Å². The topological polar surface area (TPSA) is 79.3 Å². The molecule has 2 heterocycles. The quantitative estimate of drug-likeness (QED) is 0.413. The van der Waals surface area contributed by atoms with E-state index in [9.17, 15) is 14.7 Å². The van der Waals surface area contributed by atoms with Crippen LogP contribution in [-0.4, -0.2) is 67.0 Å². The van der Waals surface area contributed by atoms with E-state index in [4.69, 9.17) is 9.47 Å². The van der Waals surface area contributed by atoms with Gasteiger partial charge in [-0.05, 0) is 48.8 Å². The molecule has 4 rings (SSSR count). The van der Waals surface area contributed by atoms with Gasteiger partial charge in [0.25, 0.3) is 11.7 Å². The molecule has 0 spiro atoms. The highest BCUT2D eigenvalue weighted by Gasteiger charge is 2.46. The van der Waals surface area contributed by atoms with Crippen LogP contribution >= 0.6 is 0 Å². The number of carbonyl (C=O) groups excluding carboxylic acids is 2. The van der Waals surface area contributed by atoms with Crippen molar-refractivity contribution in [3.8, 4) is 11.5 Å². The van der Waals surface area contributed by atoms with E-state index in [2.05, 4.69) is 20.8 Å². The molecule has 180 valence electrons. The van der Waals surface area contributed by atoms with Crippen LogP contribution in [-0.2, 0) is 15.0 Å². The molecule has 1 saturated heterocycles. The zero-order chi connectivity index (χ0) is 24.6. The molecule has 34 heavy (non-hydrogen) atoms. The molecule has 0 bridgehead atoms. The zero-order valence-electron chi connectivity index (χ0n) is 20.4. The summed E-state index contributed by atoms with van der Waals surface area (Å²) in [6.07, 6.45) is 0. The Balaban J connectivity index is 1.81. The predicted octanol–water partition coefficient (Wildman–Crippen LogP) is 3.74. The van der Waals surface area contributed by atoms with Gasteiger partial charge in [-0.1, -0.05) is 45.0 Å². The van der Waals surface area contributed by atoms with Crippen molar-refractivity contribution in [2.45, 2.75) is 32.2 Å². The average molecular weight is 465 g/mol. The fourth-order valence-corrected chi connectivity index (χ4v) is 4.28. The van der Waals surface area contributed by atoms with Crippen LogP contribution in [0.25, 0.3) is 5.76 Å². The Morgan fingerprint density at radius 2 is 1.68 bits per heavy atom. The number of ether oxygens (including phenoxy) is 2. The molecule has 1 amide bonds. The van der Waals surface area contributed by atoms with Crippen molar-refractivity contribution in [3.05, 3.63) is 64.7 Å². The highest BCUT2D eigenvalue weighted by Crippen LogP contribution is 2.41. The van der Waals surface area contributed by atoms with Crippen molar-refractivity contribution in [3.63, 3.8) is 0 Å². The molecule has 7 nitrogen and oxygen atoms in total. The van der Waals surface area contributed by atoms with Gasteiger partial charge in [-0.2, -0.15) is 0 Å². The number of aliphatic hydroxyl groups is 1. The van der Waals surface area contributed by atoms with Crippen molar-refractivity contribution < 1.29 is 24.2 Å². The lowest BCUT2D eigenvalue weighted by atomic mass is 9.85. The summed E-state index contributed by atoms with van der Waals surface area (Å²) in [6.45, 7) is 8.22. The number of ketones is 1. The molecule has 0 saturated carbocycles. The molecule has 2 aliphatic heterocycles. The number of aliphatic hydroxyl groups excluding tert-OH is 1. The van der Waals surface area contributed by atoms with Gasteiger partial charge in [0.05, 0.1) is 11.6 Å². The van der Waals surface area contributed by atoms with E-state index in [1.54, 1.807) is 23.1 Å². The predicted molar refractivity (Wildman–Crippen MR) is 130 cm³/mol. The fourth-order valence-electron chi connectivity index (χ4n) is 4.28. The molecule has 1 fully saturated rings. The number of nitrogens with zero attached hydrogens (tertiary/aromatic N) is 2. The number of rotatable bonds is 5. The minimum absolute atomic E-state index is 0.0313. The summed E-state index contributed by atoms with van der Waals surface area (Å²) in [5.74, 6) is -0.416. The summed E-state index contributed by atoms with van der Waals surface area (Å²) < 4.78 is 11.2. The molecular weight excluding hydrogens is 432 g/mol. The molecule has 1 N–H and O–H groups in total. The standard InChI is InChI=1S/C27H32N2O5/c1-27(2,3)19-9-6-17(7-10-19)23-22(25(31)26(32)29(23)13-12-28(4)5)24(30)18-8-11-20-21(16-18)34-15-14-33-20/h6-11,16,23,30H,12-15H2,1-5H3/t23-/m0/s1. The first kappa shape index (κ1) is 23.8. The minimum atomic E-state index is -0.684. The normalized spacial score (nSPS) is 19.7. The molecule has 0 aliphatic carbocycles. The first-order chi connectivity index (χ1) is 16.1. The maximum absolute atomic E-state index is 13.2. The van der Waals surface area contributed by atoms with E-state index >= 15 is 0 Å². The molecule has 7 heteroatoms. The number of amides is 1. The maximum Gasteiger partial charge on any atom is 0.295 e. The number of likely N-dealkylation sites (N-methyl/N-ethyl adjacent to an activating group) is 1. The molecule has 0 radical (unpaired) electrons. The third kappa shape index (κ3) is 4.53. The monoisotopic (exact) mass is 464 g/mol. The van der Waals surface area contributed by atoms with Gasteiger partial charge in [-0.25, -0.2) is 0 Å². The lowest BCUT2D eigenvalue weighted by molar-refractivity contribution is -0.140. The summed E-state index contributed by atoms with van der Waals surface area (Å²) in [5, 5.41) is 11.3. The zero-order valence-corrected chi connectivity index (χ0v) is 20.4. The van der Waals surface area contributed by atoms with Crippen molar-refractivity contribution in [1.82, 2.24) is 9.80 Å². The van der Waals surface area contributed by atoms with Crippen LogP contribution in [0.2, 0.25) is 0 Å². The van der Waals surface area contributed by atoms with Crippen LogP contribution < -0.4 is 9.47 Å². The lowest BCUT2D eigenvalue weighted by Crippen LogP contribution is -2.35. The van der Waals surface area contributed by atoms with E-state index in [0.29, 0.717) is 43.4 Å². The Labute approximate surface area is 200 Å². The smallest absolute Gasteiger partial charge is 0.295 e. The van der Waals surface area contributed by atoms with Gasteiger partial charge in [-0.15, -0.1) is 0 Å². The third-order valence-electron chi connectivity index (χ3n) is 6.24. The summed E-state index contributed by atoms with van der Waals surface area (Å²) in [6, 6.07) is 12.3. The first-order valence-corrected chi connectivity index (χ1v) is 11.5. The number of fused-ring (bicyclic) bond motifs is 1. The van der Waals surface area contributed by atoms with E-state index in [1.165, 1.54) is 0 Å². The van der Waals surface area contributed by atoms with Gasteiger partial charge in [-0.3, -0.25) is 9.59 Å². The van der Waals surface area contributed by atoms with Crippen molar-refractivity contribution in [1.29, 1.82) is 0 Å². The number of benzene rings is 2. The summed E-state index contributed by atoms with van der Waals surface area (Å²) >= 11 is 0. The molecular formula is C27H32N2O5. The molecule has 1 atom stereocenters. The average Bonchev–Trinajstić information content (AvgIpc) is 3.06. The number of likely N-dealkylation sites (tertiary alicyclic amines) is 1. The Morgan fingerprint density at radius 3 is 2.29 bits per heavy atom. The molecule has 2 aliphatic rings. The van der Waals surface area contributed by atoms with Crippen LogP contribution in [0.1, 0.15) is 43.5 Å². The van der Waals surface area contributed by atoms with Gasteiger partial charge >= 0.3 is 0 Å². The van der Waals surface area contributed by atoms with Crippen molar-refractivity contribution in [2.75, 3.05) is 40.4 Å². The second-order valence-electron chi connectivity index (χ2n) is 10.0. The van der Waals surface area contributed by atoms with Crippen LogP contribution in [0.3, 0.4) is 0 Å². The van der Waals surface area contributed by atoms with Gasteiger partial charge < -0.3 is 24.4 Å². The second-order valence-corrected chi connectivity index (χ2v) is 10.0. The Hall–Kier alpha value is -3.32. The lowest BCUT2D eigenvalue weighted by Gasteiger charge is -2.27. The van der Waals surface area contributed by atoms with Gasteiger partial charge in [0, 0.05) is 18.7 Å². The maximum atomic E-state index is 13.2. The number of carbonyl (C=O) groups is 2. The van der Waals surface area contributed by atoms with Crippen LogP contribution in [0.15, 0.2) is 48.0 Å². The molecule has 0 aromatic heterocycles. The molecule has 2 aromatic carbocycles. The second kappa shape index (κ2) is 9.14. The molecule has 0 unspecified atom stereocenters. The number of hydrogen-bond donors (Lipinski definition) is 1. The highest BCUT2D eigenvalue weighted by molar-refractivity contribution is 6.46.